The maximum atomic E-state index is 12.6. The zero-order valence-electron chi connectivity index (χ0n) is 12.9. The van der Waals surface area contributed by atoms with Crippen molar-refractivity contribution in [2.75, 3.05) is 18.4 Å². The fourth-order valence-electron chi connectivity index (χ4n) is 2.58. The fraction of sp³-hybridized carbons (Fsp3) is 0.429. The van der Waals surface area contributed by atoms with Crippen molar-refractivity contribution in [1.29, 1.82) is 0 Å². The normalized spacial score (nSPS) is 19.3. The summed E-state index contributed by atoms with van der Waals surface area (Å²) in [5, 5.41) is 6.34. The summed E-state index contributed by atoms with van der Waals surface area (Å²) in [6.07, 6.45) is 1.24. The van der Waals surface area contributed by atoms with E-state index in [4.69, 9.17) is 16.1 Å². The Kier molecular flexibility index (Phi) is 4.95. The van der Waals surface area contributed by atoms with Gasteiger partial charge in [-0.15, -0.1) is 11.3 Å². The molecule has 1 atom stereocenters. The van der Waals surface area contributed by atoms with Gasteiger partial charge in [0.1, 0.15) is 4.21 Å². The number of piperidine rings is 1. The molecule has 0 saturated carbocycles. The van der Waals surface area contributed by atoms with Crippen LogP contribution in [0.25, 0.3) is 0 Å². The van der Waals surface area contributed by atoms with E-state index >= 15 is 0 Å². The van der Waals surface area contributed by atoms with Crippen molar-refractivity contribution in [3.05, 3.63) is 28.2 Å². The second kappa shape index (κ2) is 6.83. The zero-order valence-corrected chi connectivity index (χ0v) is 15.2. The number of sulfonamides is 1. The van der Waals surface area contributed by atoms with Gasteiger partial charge in [-0.2, -0.15) is 4.31 Å². The predicted molar refractivity (Wildman–Crippen MR) is 90.7 cm³/mol. The van der Waals surface area contributed by atoms with Gasteiger partial charge in [-0.1, -0.05) is 16.8 Å². The number of thiophene rings is 1. The van der Waals surface area contributed by atoms with Gasteiger partial charge in [0, 0.05) is 19.2 Å². The van der Waals surface area contributed by atoms with Gasteiger partial charge in [-0.25, -0.2) is 8.42 Å². The maximum absolute atomic E-state index is 12.6. The van der Waals surface area contributed by atoms with Crippen LogP contribution in [0.15, 0.2) is 26.9 Å². The number of carbonyl (C=O) groups is 1. The van der Waals surface area contributed by atoms with Crippen LogP contribution in [0, 0.1) is 12.8 Å². The van der Waals surface area contributed by atoms with E-state index in [-0.39, 0.29) is 22.5 Å². The molecule has 0 aromatic carbocycles. The van der Waals surface area contributed by atoms with E-state index in [1.54, 1.807) is 19.1 Å². The van der Waals surface area contributed by atoms with E-state index in [1.807, 2.05) is 0 Å². The molecule has 0 spiro atoms. The third-order valence-electron chi connectivity index (χ3n) is 3.77. The van der Waals surface area contributed by atoms with Crippen molar-refractivity contribution in [3.63, 3.8) is 0 Å². The van der Waals surface area contributed by atoms with Crippen LogP contribution < -0.4 is 5.32 Å². The van der Waals surface area contributed by atoms with Crippen molar-refractivity contribution < 1.29 is 17.7 Å². The Morgan fingerprint density at radius 2 is 2.29 bits per heavy atom. The van der Waals surface area contributed by atoms with Gasteiger partial charge in [0.25, 0.3) is 10.0 Å². The lowest BCUT2D eigenvalue weighted by molar-refractivity contribution is -0.121. The van der Waals surface area contributed by atoms with E-state index in [0.717, 1.165) is 11.3 Å². The highest BCUT2D eigenvalue weighted by Gasteiger charge is 2.34. The van der Waals surface area contributed by atoms with E-state index in [1.165, 1.54) is 10.4 Å². The molecule has 1 aliphatic heterocycles. The molecule has 2 aromatic rings. The Balaban J connectivity index is 1.71. The molecule has 3 heterocycles. The van der Waals surface area contributed by atoms with Crippen LogP contribution in [0.2, 0.25) is 4.34 Å². The number of nitrogens with zero attached hydrogens (tertiary/aromatic N) is 2. The topological polar surface area (TPSA) is 92.5 Å². The van der Waals surface area contributed by atoms with Gasteiger partial charge in [0.15, 0.2) is 0 Å². The summed E-state index contributed by atoms with van der Waals surface area (Å²) in [5.41, 5.74) is 0.660. The molecule has 1 saturated heterocycles. The van der Waals surface area contributed by atoms with Crippen LogP contribution in [0.3, 0.4) is 0 Å². The number of amides is 1. The SMILES string of the molecule is Cc1cc(NC(=O)[C@@H]2CCCN(S(=O)(=O)c3ccc(Cl)s3)C2)on1. The number of hydrogen-bond donors (Lipinski definition) is 1. The summed E-state index contributed by atoms with van der Waals surface area (Å²) in [6, 6.07) is 4.66. The highest BCUT2D eigenvalue weighted by Crippen LogP contribution is 2.30. The Morgan fingerprint density at radius 1 is 1.50 bits per heavy atom. The number of nitrogens with one attached hydrogen (secondary N) is 1. The molecule has 3 rings (SSSR count). The molecule has 7 nitrogen and oxygen atoms in total. The van der Waals surface area contributed by atoms with Crippen LogP contribution >= 0.6 is 22.9 Å². The first kappa shape index (κ1) is 17.4. The number of hydrogen-bond acceptors (Lipinski definition) is 6. The van der Waals surface area contributed by atoms with E-state index in [9.17, 15) is 13.2 Å². The van der Waals surface area contributed by atoms with Gasteiger partial charge in [0.05, 0.1) is 15.9 Å². The summed E-state index contributed by atoms with van der Waals surface area (Å²) in [6.45, 7) is 2.28. The number of carbonyl (C=O) groups excluding carboxylic acids is 1. The predicted octanol–water partition coefficient (Wildman–Crippen LogP) is 2.74. The van der Waals surface area contributed by atoms with Gasteiger partial charge in [-0.05, 0) is 31.9 Å². The second-order valence-corrected chi connectivity index (χ2v) is 9.46. The first-order chi connectivity index (χ1) is 11.4. The summed E-state index contributed by atoms with van der Waals surface area (Å²) < 4.78 is 32.2. The first-order valence-corrected chi connectivity index (χ1v) is 9.99. The lowest BCUT2D eigenvalue weighted by Gasteiger charge is -2.30. The third kappa shape index (κ3) is 3.64. The third-order valence-corrected chi connectivity index (χ3v) is 7.34. The van der Waals surface area contributed by atoms with Crippen LogP contribution in [-0.2, 0) is 14.8 Å². The van der Waals surface area contributed by atoms with Gasteiger partial charge in [0.2, 0.25) is 11.8 Å². The van der Waals surface area contributed by atoms with Crippen LogP contribution in [0.4, 0.5) is 5.88 Å². The molecule has 0 aliphatic carbocycles. The Labute approximate surface area is 148 Å². The molecular formula is C14H16ClN3O4S2. The smallest absolute Gasteiger partial charge is 0.252 e. The second-order valence-electron chi connectivity index (χ2n) is 5.58. The highest BCUT2D eigenvalue weighted by atomic mass is 35.5. The standard InChI is InChI=1S/C14H16ClN3O4S2/c1-9-7-12(22-17-9)16-14(19)10-3-2-6-18(8-10)24(20,21)13-5-4-11(15)23-13/h4-5,7,10H,2-3,6,8H2,1H3,(H,16,19)/t10-/m1/s1. The zero-order chi connectivity index (χ0) is 17.3. The number of aryl methyl sites for hydroxylation is 1. The molecule has 0 radical (unpaired) electrons. The van der Waals surface area contributed by atoms with Gasteiger partial charge in [-0.3, -0.25) is 10.1 Å². The number of anilines is 1. The quantitative estimate of drug-likeness (QED) is 0.867. The van der Waals surface area contributed by atoms with Gasteiger partial charge < -0.3 is 4.52 Å². The molecule has 0 unspecified atom stereocenters. The lowest BCUT2D eigenvalue weighted by atomic mass is 9.99. The summed E-state index contributed by atoms with van der Waals surface area (Å²) >= 11 is 6.85. The van der Waals surface area contributed by atoms with Gasteiger partial charge >= 0.3 is 0 Å². The fourth-order valence-corrected chi connectivity index (χ4v) is 5.75. The highest BCUT2D eigenvalue weighted by molar-refractivity contribution is 7.91. The van der Waals surface area contributed by atoms with E-state index < -0.39 is 15.9 Å². The van der Waals surface area contributed by atoms with Crippen molar-refractivity contribution in [3.8, 4) is 0 Å². The Hall–Kier alpha value is -1.42. The first-order valence-electron chi connectivity index (χ1n) is 7.36. The molecule has 2 aromatic heterocycles. The molecule has 24 heavy (non-hydrogen) atoms. The Bertz CT molecular complexity index is 846. The van der Waals surface area contributed by atoms with Crippen LogP contribution in [-0.4, -0.2) is 36.9 Å². The molecule has 1 amide bonds. The van der Waals surface area contributed by atoms with Crippen molar-refractivity contribution in [2.45, 2.75) is 24.0 Å². The molecule has 1 fully saturated rings. The molecule has 10 heteroatoms. The monoisotopic (exact) mass is 389 g/mol. The average molecular weight is 390 g/mol. The van der Waals surface area contributed by atoms with Crippen LogP contribution in [0.1, 0.15) is 18.5 Å². The summed E-state index contributed by atoms with van der Waals surface area (Å²) in [7, 11) is -3.62. The van der Waals surface area contributed by atoms with E-state index in [0.29, 0.717) is 29.4 Å². The molecule has 0 bridgehead atoms. The Morgan fingerprint density at radius 3 is 2.92 bits per heavy atom. The number of halogens is 1. The van der Waals surface area contributed by atoms with Crippen LogP contribution in [0.5, 0.6) is 0 Å². The van der Waals surface area contributed by atoms with Crippen molar-refractivity contribution in [2.24, 2.45) is 5.92 Å². The molecular weight excluding hydrogens is 374 g/mol. The summed E-state index contributed by atoms with van der Waals surface area (Å²) in [4.78, 5) is 12.4. The van der Waals surface area contributed by atoms with Crippen molar-refractivity contribution >= 4 is 44.8 Å². The number of aromatic nitrogens is 1. The summed E-state index contributed by atoms with van der Waals surface area (Å²) in [5.74, 6) is -0.438. The molecule has 130 valence electrons. The minimum absolute atomic E-state index is 0.136. The maximum Gasteiger partial charge on any atom is 0.252 e. The molecule has 1 N–H and O–H groups in total. The lowest BCUT2D eigenvalue weighted by Crippen LogP contribution is -2.43. The average Bonchev–Trinajstić information content (AvgIpc) is 3.16. The molecule has 1 aliphatic rings. The van der Waals surface area contributed by atoms with E-state index in [2.05, 4.69) is 10.5 Å². The number of rotatable bonds is 4. The van der Waals surface area contributed by atoms with Crippen molar-refractivity contribution in [1.82, 2.24) is 9.46 Å². The largest absolute Gasteiger partial charge is 0.338 e. The minimum Gasteiger partial charge on any atom is -0.338 e. The minimum atomic E-state index is -3.62.